The van der Waals surface area contributed by atoms with Crippen LogP contribution in [0.3, 0.4) is 0 Å². The van der Waals surface area contributed by atoms with E-state index in [4.69, 9.17) is 5.11 Å². The second-order valence-corrected chi connectivity index (χ2v) is 5.06. The van der Waals surface area contributed by atoms with Gasteiger partial charge in [-0.3, -0.25) is 9.59 Å². The minimum atomic E-state index is -4.58. The monoisotopic (exact) mass is 353 g/mol. The molecule has 0 bridgehead atoms. The van der Waals surface area contributed by atoms with E-state index in [-0.39, 0.29) is 18.0 Å². The predicted molar refractivity (Wildman–Crippen MR) is 82.7 cm³/mol. The summed E-state index contributed by atoms with van der Waals surface area (Å²) < 4.78 is 37.2. The molecule has 9 heteroatoms. The fourth-order valence-corrected chi connectivity index (χ4v) is 1.89. The summed E-state index contributed by atoms with van der Waals surface area (Å²) in [5, 5.41) is 13.7. The van der Waals surface area contributed by atoms with Crippen LogP contribution in [-0.4, -0.2) is 28.4 Å². The Morgan fingerprint density at radius 3 is 2.28 bits per heavy atom. The second-order valence-electron chi connectivity index (χ2n) is 5.06. The normalized spacial score (nSPS) is 11.0. The van der Waals surface area contributed by atoms with E-state index >= 15 is 0 Å². The molecule has 0 aliphatic rings. The zero-order valence-corrected chi connectivity index (χ0v) is 12.8. The van der Waals surface area contributed by atoms with Crippen LogP contribution in [0.15, 0.2) is 42.6 Å². The molecule has 0 fully saturated rings. The zero-order chi connectivity index (χ0) is 18.4. The molecular weight excluding hydrogens is 339 g/mol. The number of halogens is 3. The van der Waals surface area contributed by atoms with E-state index in [9.17, 15) is 22.8 Å². The van der Waals surface area contributed by atoms with Crippen LogP contribution in [-0.2, 0) is 22.2 Å². The van der Waals surface area contributed by atoms with Gasteiger partial charge < -0.3 is 15.7 Å². The molecule has 1 aromatic heterocycles. The summed E-state index contributed by atoms with van der Waals surface area (Å²) in [5.74, 6) is -1.80. The van der Waals surface area contributed by atoms with E-state index in [2.05, 4.69) is 15.6 Å². The summed E-state index contributed by atoms with van der Waals surface area (Å²) in [4.78, 5) is 26.5. The van der Waals surface area contributed by atoms with Crippen molar-refractivity contribution in [2.24, 2.45) is 0 Å². The number of anilines is 1. The average Bonchev–Trinajstić information content (AvgIpc) is 2.56. The van der Waals surface area contributed by atoms with Gasteiger partial charge in [-0.05, 0) is 36.2 Å². The fourth-order valence-electron chi connectivity index (χ4n) is 1.89. The number of alkyl halides is 3. The molecule has 0 saturated carbocycles. The number of rotatable bonds is 4. The highest BCUT2D eigenvalue weighted by Crippen LogP contribution is 2.27. The molecule has 0 unspecified atom stereocenters. The molecule has 0 radical (unpaired) electrons. The first-order chi connectivity index (χ1) is 11.8. The maximum Gasteiger partial charge on any atom is 0.433 e. The number of hydrogen-bond donors (Lipinski definition) is 3. The molecule has 1 heterocycles. The Balaban J connectivity index is 1.81. The van der Waals surface area contributed by atoms with E-state index in [0.717, 1.165) is 17.8 Å². The van der Waals surface area contributed by atoms with Gasteiger partial charge >= 0.3 is 18.0 Å². The molecule has 3 N–H and O–H groups in total. The van der Waals surface area contributed by atoms with Gasteiger partial charge in [0.15, 0.2) is 0 Å². The van der Waals surface area contributed by atoms with Gasteiger partial charge in [0.05, 0.1) is 11.9 Å². The van der Waals surface area contributed by atoms with Crippen molar-refractivity contribution < 1.29 is 27.9 Å². The third-order valence-electron chi connectivity index (χ3n) is 3.15. The molecule has 132 valence electrons. The maximum absolute atomic E-state index is 12.4. The van der Waals surface area contributed by atoms with Crippen LogP contribution < -0.4 is 10.6 Å². The van der Waals surface area contributed by atoms with Gasteiger partial charge in [-0.15, -0.1) is 0 Å². The molecule has 0 saturated heterocycles. The minimum Gasteiger partial charge on any atom is -0.508 e. The third kappa shape index (κ3) is 5.48. The average molecular weight is 353 g/mol. The van der Waals surface area contributed by atoms with Gasteiger partial charge in [0.1, 0.15) is 11.4 Å². The van der Waals surface area contributed by atoms with Crippen LogP contribution >= 0.6 is 0 Å². The summed E-state index contributed by atoms with van der Waals surface area (Å²) >= 11 is 0. The third-order valence-corrected chi connectivity index (χ3v) is 3.15. The van der Waals surface area contributed by atoms with Gasteiger partial charge in [0.2, 0.25) is 0 Å². The summed E-state index contributed by atoms with van der Waals surface area (Å²) in [6.45, 7) is 0.183. The van der Waals surface area contributed by atoms with E-state index in [0.29, 0.717) is 12.5 Å². The van der Waals surface area contributed by atoms with Gasteiger partial charge in [-0.2, -0.15) is 13.2 Å². The largest absolute Gasteiger partial charge is 0.508 e. The van der Waals surface area contributed by atoms with Crippen LogP contribution in [0.4, 0.5) is 18.9 Å². The molecule has 2 rings (SSSR count). The number of nitrogens with one attached hydrogen (secondary N) is 2. The van der Waals surface area contributed by atoms with Crippen molar-refractivity contribution in [1.29, 1.82) is 0 Å². The van der Waals surface area contributed by atoms with Crippen molar-refractivity contribution in [3.63, 3.8) is 0 Å². The smallest absolute Gasteiger partial charge is 0.433 e. The zero-order valence-electron chi connectivity index (χ0n) is 12.8. The summed E-state index contributed by atoms with van der Waals surface area (Å²) in [6.07, 6.45) is -3.31. The highest BCUT2D eigenvalue weighted by atomic mass is 19.4. The van der Waals surface area contributed by atoms with Crippen molar-refractivity contribution in [3.8, 4) is 5.75 Å². The number of nitrogens with zero attached hydrogens (tertiary/aromatic N) is 1. The second kappa shape index (κ2) is 7.65. The minimum absolute atomic E-state index is 0.0216. The van der Waals surface area contributed by atoms with Gasteiger partial charge in [0.25, 0.3) is 0 Å². The molecule has 0 aliphatic carbocycles. The Morgan fingerprint density at radius 1 is 1.04 bits per heavy atom. The Hall–Kier alpha value is -3.10. The summed E-state index contributed by atoms with van der Waals surface area (Å²) in [7, 11) is 0. The van der Waals surface area contributed by atoms with Crippen LogP contribution in [0.5, 0.6) is 5.75 Å². The topological polar surface area (TPSA) is 91.3 Å². The van der Waals surface area contributed by atoms with Crippen molar-refractivity contribution in [3.05, 3.63) is 53.9 Å². The highest BCUT2D eigenvalue weighted by Gasteiger charge is 2.32. The lowest BCUT2D eigenvalue weighted by Gasteiger charge is -2.08. The molecule has 6 nitrogen and oxygen atoms in total. The Kier molecular flexibility index (Phi) is 5.58. The molecule has 25 heavy (non-hydrogen) atoms. The molecule has 2 amide bonds. The first kappa shape index (κ1) is 18.2. The summed E-state index contributed by atoms with van der Waals surface area (Å²) in [6, 6.07) is 8.07. The fraction of sp³-hybridized carbons (Fsp3) is 0.188. The van der Waals surface area contributed by atoms with E-state index in [1.807, 2.05) is 0 Å². The number of aromatic hydroxyl groups is 1. The van der Waals surface area contributed by atoms with Crippen molar-refractivity contribution in [2.75, 3.05) is 11.9 Å². The first-order valence-electron chi connectivity index (χ1n) is 7.16. The number of phenols is 1. The quantitative estimate of drug-likeness (QED) is 0.734. The number of benzene rings is 1. The van der Waals surface area contributed by atoms with E-state index < -0.39 is 23.7 Å². The van der Waals surface area contributed by atoms with Crippen LogP contribution in [0.2, 0.25) is 0 Å². The SMILES string of the molecule is O=C(NCCc1ccc(O)cc1)C(=O)Nc1ccc(C(F)(F)F)nc1. The number of aromatic nitrogens is 1. The van der Waals surface area contributed by atoms with Crippen LogP contribution in [0.1, 0.15) is 11.3 Å². The number of phenolic OH excluding ortho intramolecular Hbond substituents is 1. The highest BCUT2D eigenvalue weighted by molar-refractivity contribution is 6.39. The molecule has 0 atom stereocenters. The van der Waals surface area contributed by atoms with E-state index in [1.54, 1.807) is 12.1 Å². The van der Waals surface area contributed by atoms with Crippen molar-refractivity contribution >= 4 is 17.5 Å². The maximum atomic E-state index is 12.4. The molecule has 0 aliphatic heterocycles. The number of carbonyl (C=O) groups is 2. The van der Waals surface area contributed by atoms with Crippen molar-refractivity contribution in [2.45, 2.75) is 12.6 Å². The lowest BCUT2D eigenvalue weighted by Crippen LogP contribution is -2.36. The van der Waals surface area contributed by atoms with Gasteiger partial charge in [0, 0.05) is 6.54 Å². The van der Waals surface area contributed by atoms with Gasteiger partial charge in [-0.25, -0.2) is 4.98 Å². The van der Waals surface area contributed by atoms with E-state index in [1.165, 1.54) is 12.1 Å². The number of carbonyl (C=O) groups excluding carboxylic acids is 2. The lowest BCUT2D eigenvalue weighted by molar-refractivity contribution is -0.141. The van der Waals surface area contributed by atoms with Crippen LogP contribution in [0, 0.1) is 0 Å². The van der Waals surface area contributed by atoms with Crippen LogP contribution in [0.25, 0.3) is 0 Å². The molecule has 1 aromatic carbocycles. The Bertz CT molecular complexity index is 744. The number of pyridine rings is 1. The predicted octanol–water partition coefficient (Wildman–Crippen LogP) is 2.10. The lowest BCUT2D eigenvalue weighted by atomic mass is 10.1. The van der Waals surface area contributed by atoms with Gasteiger partial charge in [-0.1, -0.05) is 12.1 Å². The molecule has 0 spiro atoms. The standard InChI is InChI=1S/C16H14F3N3O3/c17-16(18,19)13-6-3-11(9-21-13)22-15(25)14(24)20-8-7-10-1-4-12(23)5-2-10/h1-6,9,23H,7-8H2,(H,20,24)(H,22,25). The molecular formula is C16H14F3N3O3. The summed E-state index contributed by atoms with van der Waals surface area (Å²) in [5.41, 5.74) is -0.263. The Morgan fingerprint density at radius 2 is 1.72 bits per heavy atom. The molecule has 2 aromatic rings. The first-order valence-corrected chi connectivity index (χ1v) is 7.16. The number of hydrogen-bond acceptors (Lipinski definition) is 4. The van der Waals surface area contributed by atoms with Crippen molar-refractivity contribution in [1.82, 2.24) is 10.3 Å². The Labute approximate surface area is 140 Å². The number of amides is 2.